The van der Waals surface area contributed by atoms with Gasteiger partial charge in [0, 0.05) is 19.6 Å². The fourth-order valence-corrected chi connectivity index (χ4v) is 2.93. The van der Waals surface area contributed by atoms with Gasteiger partial charge in [0.25, 0.3) is 5.91 Å². The maximum atomic E-state index is 10.9. The maximum Gasteiger partial charge on any atom is 0.255 e. The summed E-state index contributed by atoms with van der Waals surface area (Å²) in [5, 5.41) is 3.80. The standard InChI is InChI=1S/C17H26ClN3O4.2ClH/c1-23-15-10-13(9-14(18)17(15)25-12-16(19)22)11-20-3-2-4-21-5-7-24-8-6-21;;/h9-10,20H,2-8,11-12H2,1H3,(H2,19,22);2*1H. The van der Waals surface area contributed by atoms with Crippen LogP contribution in [0.1, 0.15) is 12.0 Å². The van der Waals surface area contributed by atoms with Crippen molar-refractivity contribution in [3.05, 3.63) is 22.7 Å². The molecule has 1 aromatic rings. The normalized spacial score (nSPS) is 14.0. The molecule has 27 heavy (non-hydrogen) atoms. The van der Waals surface area contributed by atoms with Gasteiger partial charge >= 0.3 is 0 Å². The number of ether oxygens (including phenoxy) is 3. The lowest BCUT2D eigenvalue weighted by molar-refractivity contribution is -0.119. The number of hydrogen-bond acceptors (Lipinski definition) is 6. The minimum Gasteiger partial charge on any atom is -0.493 e. The van der Waals surface area contributed by atoms with Crippen LogP contribution < -0.4 is 20.5 Å². The van der Waals surface area contributed by atoms with Gasteiger partial charge in [-0.3, -0.25) is 9.69 Å². The second-order valence-electron chi connectivity index (χ2n) is 5.85. The summed E-state index contributed by atoms with van der Waals surface area (Å²) in [6.45, 7) is 6.10. The lowest BCUT2D eigenvalue weighted by Gasteiger charge is -2.26. The third-order valence-electron chi connectivity index (χ3n) is 3.91. The number of carbonyl (C=O) groups excluding carboxylic acids is 1. The van der Waals surface area contributed by atoms with Crippen LogP contribution in [0.15, 0.2) is 12.1 Å². The summed E-state index contributed by atoms with van der Waals surface area (Å²) in [4.78, 5) is 13.3. The number of rotatable bonds is 10. The van der Waals surface area contributed by atoms with Crippen LogP contribution in [0.4, 0.5) is 0 Å². The first kappa shape index (κ1) is 26.0. The first-order chi connectivity index (χ1) is 12.1. The van der Waals surface area contributed by atoms with Crippen molar-refractivity contribution < 1.29 is 19.0 Å². The molecule has 10 heteroatoms. The van der Waals surface area contributed by atoms with E-state index in [0.717, 1.165) is 51.4 Å². The predicted octanol–water partition coefficient (Wildman–Crippen LogP) is 1.87. The highest BCUT2D eigenvalue weighted by atomic mass is 35.5. The Bertz CT molecular complexity index is 573. The van der Waals surface area contributed by atoms with Crippen molar-refractivity contribution in [1.82, 2.24) is 10.2 Å². The molecule has 1 saturated heterocycles. The zero-order valence-electron chi connectivity index (χ0n) is 15.4. The Hall–Kier alpha value is -0.960. The van der Waals surface area contributed by atoms with Crippen molar-refractivity contribution >= 4 is 42.3 Å². The predicted molar refractivity (Wildman–Crippen MR) is 111 cm³/mol. The number of morpholine rings is 1. The molecule has 0 saturated carbocycles. The number of hydrogen-bond donors (Lipinski definition) is 2. The minimum atomic E-state index is -0.566. The summed E-state index contributed by atoms with van der Waals surface area (Å²) < 4.78 is 16.0. The summed E-state index contributed by atoms with van der Waals surface area (Å²) in [6.07, 6.45) is 1.07. The van der Waals surface area contributed by atoms with Gasteiger partial charge < -0.3 is 25.3 Å². The molecule has 1 aliphatic rings. The largest absolute Gasteiger partial charge is 0.493 e. The molecular formula is C17H28Cl3N3O4. The van der Waals surface area contributed by atoms with Crippen molar-refractivity contribution in [3.63, 3.8) is 0 Å². The molecule has 3 N–H and O–H groups in total. The van der Waals surface area contributed by atoms with Crippen LogP contribution in [0.25, 0.3) is 0 Å². The zero-order valence-corrected chi connectivity index (χ0v) is 17.8. The molecule has 7 nitrogen and oxygen atoms in total. The molecule has 1 aromatic carbocycles. The lowest BCUT2D eigenvalue weighted by atomic mass is 10.2. The van der Waals surface area contributed by atoms with Gasteiger partial charge in [-0.05, 0) is 37.2 Å². The number of nitrogens with one attached hydrogen (secondary N) is 1. The Balaban J connectivity index is 0.00000338. The van der Waals surface area contributed by atoms with Crippen LogP contribution in [-0.4, -0.2) is 63.9 Å². The number of nitrogens with two attached hydrogens (primary N) is 1. The average molecular weight is 445 g/mol. The molecule has 0 bridgehead atoms. The topological polar surface area (TPSA) is 86.1 Å². The molecule has 0 radical (unpaired) electrons. The van der Waals surface area contributed by atoms with Gasteiger partial charge in [-0.1, -0.05) is 11.6 Å². The molecule has 1 aliphatic heterocycles. The van der Waals surface area contributed by atoms with Gasteiger partial charge in [0.05, 0.1) is 25.3 Å². The molecule has 1 heterocycles. The van der Waals surface area contributed by atoms with E-state index in [1.165, 1.54) is 7.11 Å². The summed E-state index contributed by atoms with van der Waals surface area (Å²) in [7, 11) is 1.53. The lowest BCUT2D eigenvalue weighted by Crippen LogP contribution is -2.37. The fourth-order valence-electron chi connectivity index (χ4n) is 2.64. The van der Waals surface area contributed by atoms with Crippen molar-refractivity contribution in [1.29, 1.82) is 0 Å². The Labute approximate surface area is 177 Å². The molecule has 0 spiro atoms. The van der Waals surface area contributed by atoms with Gasteiger partial charge in [0.1, 0.15) is 0 Å². The van der Waals surface area contributed by atoms with Crippen molar-refractivity contribution in [2.75, 3.05) is 53.1 Å². The number of methoxy groups -OCH3 is 1. The highest BCUT2D eigenvalue weighted by Gasteiger charge is 2.13. The summed E-state index contributed by atoms with van der Waals surface area (Å²) in [5.41, 5.74) is 6.08. The van der Waals surface area contributed by atoms with Crippen LogP contribution in [0, 0.1) is 0 Å². The van der Waals surface area contributed by atoms with E-state index in [4.69, 9.17) is 31.5 Å². The zero-order chi connectivity index (χ0) is 18.1. The van der Waals surface area contributed by atoms with E-state index in [1.807, 2.05) is 6.07 Å². The van der Waals surface area contributed by atoms with Crippen molar-refractivity contribution in [3.8, 4) is 11.5 Å². The van der Waals surface area contributed by atoms with E-state index in [1.54, 1.807) is 6.07 Å². The van der Waals surface area contributed by atoms with Crippen molar-refractivity contribution in [2.45, 2.75) is 13.0 Å². The molecule has 0 aromatic heterocycles. The molecule has 2 rings (SSSR count). The SMILES string of the molecule is COc1cc(CNCCCN2CCOCC2)cc(Cl)c1OCC(N)=O.Cl.Cl. The Morgan fingerprint density at radius 1 is 1.33 bits per heavy atom. The summed E-state index contributed by atoms with van der Waals surface area (Å²) >= 11 is 6.24. The molecule has 1 fully saturated rings. The number of benzene rings is 1. The van der Waals surface area contributed by atoms with E-state index < -0.39 is 5.91 Å². The summed E-state index contributed by atoms with van der Waals surface area (Å²) in [5.74, 6) is 0.252. The first-order valence-corrected chi connectivity index (χ1v) is 8.76. The first-order valence-electron chi connectivity index (χ1n) is 8.38. The van der Waals surface area contributed by atoms with E-state index >= 15 is 0 Å². The van der Waals surface area contributed by atoms with Gasteiger partial charge in [0.2, 0.25) is 0 Å². The monoisotopic (exact) mass is 443 g/mol. The van der Waals surface area contributed by atoms with E-state index in [9.17, 15) is 4.79 Å². The summed E-state index contributed by atoms with van der Waals surface area (Å²) in [6, 6.07) is 3.65. The molecule has 156 valence electrons. The van der Waals surface area contributed by atoms with Gasteiger partial charge in [0.15, 0.2) is 18.1 Å². The van der Waals surface area contributed by atoms with Crippen LogP contribution in [-0.2, 0) is 16.1 Å². The highest BCUT2D eigenvalue weighted by Crippen LogP contribution is 2.36. The molecular weight excluding hydrogens is 417 g/mol. The van der Waals surface area contributed by atoms with E-state index in [0.29, 0.717) is 23.1 Å². The van der Waals surface area contributed by atoms with Crippen LogP contribution in [0.3, 0.4) is 0 Å². The van der Waals surface area contributed by atoms with Crippen LogP contribution in [0.5, 0.6) is 11.5 Å². The number of nitrogens with zero attached hydrogens (tertiary/aromatic N) is 1. The van der Waals surface area contributed by atoms with Gasteiger partial charge in [-0.25, -0.2) is 0 Å². The quantitative estimate of drug-likeness (QED) is 0.536. The van der Waals surface area contributed by atoms with E-state index in [-0.39, 0.29) is 31.4 Å². The smallest absolute Gasteiger partial charge is 0.255 e. The van der Waals surface area contributed by atoms with E-state index in [2.05, 4.69) is 10.2 Å². The van der Waals surface area contributed by atoms with Crippen LogP contribution >= 0.6 is 36.4 Å². The number of primary amides is 1. The third-order valence-corrected chi connectivity index (χ3v) is 4.19. The fraction of sp³-hybridized carbons (Fsp3) is 0.588. The molecule has 0 unspecified atom stereocenters. The van der Waals surface area contributed by atoms with Crippen molar-refractivity contribution in [2.24, 2.45) is 5.73 Å². The Morgan fingerprint density at radius 3 is 2.67 bits per heavy atom. The third kappa shape index (κ3) is 9.19. The number of carbonyl (C=O) groups is 1. The number of halogens is 3. The molecule has 1 amide bonds. The molecule has 0 aliphatic carbocycles. The Morgan fingerprint density at radius 2 is 2.04 bits per heavy atom. The second kappa shape index (κ2) is 14.1. The highest BCUT2D eigenvalue weighted by molar-refractivity contribution is 6.32. The van der Waals surface area contributed by atoms with Gasteiger partial charge in [-0.15, -0.1) is 24.8 Å². The Kier molecular flexibility index (Phi) is 13.6. The molecule has 0 atom stereocenters. The van der Waals surface area contributed by atoms with Crippen LogP contribution in [0.2, 0.25) is 5.02 Å². The maximum absolute atomic E-state index is 10.9. The second-order valence-corrected chi connectivity index (χ2v) is 6.26. The number of amides is 1. The average Bonchev–Trinajstić information content (AvgIpc) is 2.60. The minimum absolute atomic E-state index is 0. The van der Waals surface area contributed by atoms with Gasteiger partial charge in [-0.2, -0.15) is 0 Å².